The van der Waals surface area contributed by atoms with Crippen LogP contribution in [0.5, 0.6) is 0 Å². The number of rotatable bonds is 5. The zero-order valence-electron chi connectivity index (χ0n) is 14.1. The van der Waals surface area contributed by atoms with Gasteiger partial charge in [-0.2, -0.15) is 0 Å². The van der Waals surface area contributed by atoms with Crippen LogP contribution in [0.3, 0.4) is 0 Å². The van der Waals surface area contributed by atoms with Gasteiger partial charge >= 0.3 is 0 Å². The van der Waals surface area contributed by atoms with Gasteiger partial charge in [0.05, 0.1) is 5.75 Å². The lowest BCUT2D eigenvalue weighted by Gasteiger charge is -2.36. The van der Waals surface area contributed by atoms with Crippen LogP contribution < -0.4 is 4.90 Å². The van der Waals surface area contributed by atoms with E-state index >= 15 is 0 Å². The highest BCUT2D eigenvalue weighted by Gasteiger charge is 2.21. The molecule has 0 aliphatic carbocycles. The molecule has 2 aromatic carbocycles. The monoisotopic (exact) mass is 396 g/mol. The zero-order chi connectivity index (χ0) is 18.5. The Kier molecular flexibility index (Phi) is 6.38. The second kappa shape index (κ2) is 8.73. The van der Waals surface area contributed by atoms with Crippen molar-refractivity contribution in [1.29, 1.82) is 0 Å². The Morgan fingerprint density at radius 2 is 1.73 bits per heavy atom. The van der Waals surface area contributed by atoms with Crippen LogP contribution in [0.15, 0.2) is 42.5 Å². The highest BCUT2D eigenvalue weighted by molar-refractivity contribution is 7.99. The molecule has 7 heteroatoms. The van der Waals surface area contributed by atoms with E-state index in [1.165, 1.54) is 30.0 Å². The molecular weight excluding hydrogens is 378 g/mol. The van der Waals surface area contributed by atoms with E-state index in [4.69, 9.17) is 11.6 Å². The summed E-state index contributed by atoms with van der Waals surface area (Å²) in [6.45, 7) is 2.69. The van der Waals surface area contributed by atoms with Crippen LogP contribution in [0.2, 0.25) is 5.02 Å². The molecule has 1 amide bonds. The van der Waals surface area contributed by atoms with Gasteiger partial charge in [0, 0.05) is 42.6 Å². The van der Waals surface area contributed by atoms with E-state index in [0.717, 1.165) is 5.69 Å². The maximum atomic E-state index is 13.7. The molecule has 1 aliphatic heterocycles. The maximum absolute atomic E-state index is 13.7. The van der Waals surface area contributed by atoms with Crippen molar-refractivity contribution in [2.75, 3.05) is 36.8 Å². The lowest BCUT2D eigenvalue weighted by atomic mass is 10.2. The van der Waals surface area contributed by atoms with Gasteiger partial charge in [-0.25, -0.2) is 8.78 Å². The van der Waals surface area contributed by atoms with E-state index in [9.17, 15) is 13.6 Å². The molecule has 138 valence electrons. The third kappa shape index (κ3) is 4.89. The normalized spacial score (nSPS) is 14.6. The van der Waals surface area contributed by atoms with Gasteiger partial charge in [-0.1, -0.05) is 17.7 Å². The summed E-state index contributed by atoms with van der Waals surface area (Å²) in [6.07, 6.45) is 0. The largest absolute Gasteiger partial charge is 0.368 e. The molecule has 1 aliphatic rings. The van der Waals surface area contributed by atoms with Crippen molar-refractivity contribution in [2.24, 2.45) is 0 Å². The average Bonchev–Trinajstić information content (AvgIpc) is 2.64. The number of benzene rings is 2. The molecular formula is C19H19ClF2N2OS. The van der Waals surface area contributed by atoms with Gasteiger partial charge in [-0.3, -0.25) is 4.79 Å². The smallest absolute Gasteiger partial charge is 0.232 e. The third-order valence-electron chi connectivity index (χ3n) is 4.32. The number of amides is 1. The molecule has 0 radical (unpaired) electrons. The molecule has 0 atom stereocenters. The molecule has 1 fully saturated rings. The van der Waals surface area contributed by atoms with Crippen molar-refractivity contribution in [3.8, 4) is 0 Å². The summed E-state index contributed by atoms with van der Waals surface area (Å²) in [5, 5.41) is 0.367. The van der Waals surface area contributed by atoms with Crippen LogP contribution in [-0.2, 0) is 10.5 Å². The van der Waals surface area contributed by atoms with Crippen LogP contribution in [0.25, 0.3) is 0 Å². The number of piperazine rings is 1. The number of hydrogen-bond acceptors (Lipinski definition) is 3. The molecule has 3 nitrogen and oxygen atoms in total. The van der Waals surface area contributed by atoms with Crippen molar-refractivity contribution in [2.45, 2.75) is 5.75 Å². The van der Waals surface area contributed by atoms with Crippen LogP contribution in [-0.4, -0.2) is 42.7 Å². The fraction of sp³-hybridized carbons (Fsp3) is 0.316. The van der Waals surface area contributed by atoms with E-state index in [1.54, 1.807) is 24.3 Å². The Morgan fingerprint density at radius 3 is 2.38 bits per heavy atom. The van der Waals surface area contributed by atoms with Crippen molar-refractivity contribution >= 4 is 35.0 Å². The first-order chi connectivity index (χ1) is 12.5. The molecule has 2 aromatic rings. The van der Waals surface area contributed by atoms with Crippen molar-refractivity contribution in [1.82, 2.24) is 4.90 Å². The topological polar surface area (TPSA) is 23.6 Å². The minimum absolute atomic E-state index is 0.0585. The SMILES string of the molecule is O=C(CSCc1ccc(Cl)cc1F)N1CCN(c2ccc(F)cc2)CC1. The summed E-state index contributed by atoms with van der Waals surface area (Å²) in [5.41, 5.74) is 1.51. The van der Waals surface area contributed by atoms with Gasteiger partial charge in [0.15, 0.2) is 0 Å². The van der Waals surface area contributed by atoms with E-state index in [-0.39, 0.29) is 17.5 Å². The Balaban J connectivity index is 1.44. The predicted molar refractivity (Wildman–Crippen MR) is 103 cm³/mol. The van der Waals surface area contributed by atoms with E-state index in [1.807, 2.05) is 4.90 Å². The lowest BCUT2D eigenvalue weighted by Crippen LogP contribution is -2.49. The van der Waals surface area contributed by atoms with Gasteiger partial charge in [0.2, 0.25) is 5.91 Å². The molecule has 0 aromatic heterocycles. The minimum Gasteiger partial charge on any atom is -0.368 e. The fourth-order valence-electron chi connectivity index (χ4n) is 2.84. The Bertz CT molecular complexity index is 765. The highest BCUT2D eigenvalue weighted by atomic mass is 35.5. The maximum Gasteiger partial charge on any atom is 0.232 e. The summed E-state index contributed by atoms with van der Waals surface area (Å²) in [5.74, 6) is 0.216. The first-order valence-electron chi connectivity index (χ1n) is 8.33. The van der Waals surface area contributed by atoms with Crippen molar-refractivity contribution < 1.29 is 13.6 Å². The van der Waals surface area contributed by atoms with Crippen LogP contribution in [0.1, 0.15) is 5.56 Å². The van der Waals surface area contributed by atoms with Gasteiger partial charge in [0.25, 0.3) is 0 Å². The van der Waals surface area contributed by atoms with Gasteiger partial charge in [-0.05, 0) is 42.0 Å². The summed E-state index contributed by atoms with van der Waals surface area (Å²) >= 11 is 7.13. The second-order valence-electron chi connectivity index (χ2n) is 6.07. The summed E-state index contributed by atoms with van der Waals surface area (Å²) in [4.78, 5) is 16.3. The molecule has 0 bridgehead atoms. The van der Waals surface area contributed by atoms with Crippen LogP contribution in [0.4, 0.5) is 14.5 Å². The second-order valence-corrected chi connectivity index (χ2v) is 7.49. The van der Waals surface area contributed by atoms with Crippen molar-refractivity contribution in [3.63, 3.8) is 0 Å². The number of carbonyl (C=O) groups excluding carboxylic acids is 1. The molecule has 0 spiro atoms. The number of halogens is 3. The minimum atomic E-state index is -0.342. The number of nitrogens with zero attached hydrogens (tertiary/aromatic N) is 2. The standard InChI is InChI=1S/C19H19ClF2N2OS/c20-15-2-1-14(18(22)11-15)12-26-13-19(25)24-9-7-23(8-10-24)17-5-3-16(21)4-6-17/h1-6,11H,7-10,12-13H2. The highest BCUT2D eigenvalue weighted by Crippen LogP contribution is 2.21. The van der Waals surface area contributed by atoms with E-state index in [2.05, 4.69) is 4.90 Å². The first kappa shape index (κ1) is 19.0. The van der Waals surface area contributed by atoms with E-state index in [0.29, 0.717) is 48.3 Å². The number of hydrogen-bond donors (Lipinski definition) is 0. The Hall–Kier alpha value is -1.79. The number of anilines is 1. The van der Waals surface area contributed by atoms with E-state index < -0.39 is 0 Å². The number of carbonyl (C=O) groups is 1. The molecule has 0 saturated carbocycles. The Labute approximate surface area is 160 Å². The van der Waals surface area contributed by atoms with Crippen LogP contribution in [0, 0.1) is 11.6 Å². The summed E-state index contributed by atoms with van der Waals surface area (Å²) < 4.78 is 26.7. The average molecular weight is 397 g/mol. The molecule has 1 heterocycles. The summed E-state index contributed by atoms with van der Waals surface area (Å²) in [7, 11) is 0. The molecule has 1 saturated heterocycles. The zero-order valence-corrected chi connectivity index (χ0v) is 15.7. The van der Waals surface area contributed by atoms with Gasteiger partial charge < -0.3 is 9.80 Å². The lowest BCUT2D eigenvalue weighted by molar-refractivity contribution is -0.128. The fourth-order valence-corrected chi connectivity index (χ4v) is 3.92. The first-order valence-corrected chi connectivity index (χ1v) is 9.86. The third-order valence-corrected chi connectivity index (χ3v) is 5.52. The Morgan fingerprint density at radius 1 is 1.04 bits per heavy atom. The molecule has 3 rings (SSSR count). The van der Waals surface area contributed by atoms with Gasteiger partial charge in [0.1, 0.15) is 11.6 Å². The molecule has 26 heavy (non-hydrogen) atoms. The summed E-state index contributed by atoms with van der Waals surface area (Å²) in [6, 6.07) is 11.0. The quantitative estimate of drug-likeness (QED) is 0.756. The van der Waals surface area contributed by atoms with Crippen molar-refractivity contribution in [3.05, 3.63) is 64.7 Å². The van der Waals surface area contributed by atoms with Gasteiger partial charge in [-0.15, -0.1) is 11.8 Å². The van der Waals surface area contributed by atoms with Crippen LogP contribution >= 0.6 is 23.4 Å². The molecule has 0 N–H and O–H groups in total. The molecule has 0 unspecified atom stereocenters. The number of thioether (sulfide) groups is 1. The predicted octanol–water partition coefficient (Wildman–Crippen LogP) is 4.20.